The Bertz CT molecular complexity index is 1810. The zero-order valence-corrected chi connectivity index (χ0v) is 27.4. The van der Waals surface area contributed by atoms with Crippen molar-refractivity contribution in [3.05, 3.63) is 134 Å². The molecule has 0 saturated heterocycles. The third kappa shape index (κ3) is 8.63. The zero-order valence-electron chi connectivity index (χ0n) is 25.0. The summed E-state index contributed by atoms with van der Waals surface area (Å²) in [4.78, 5) is 40.3. The van der Waals surface area contributed by atoms with E-state index in [9.17, 15) is 28.1 Å². The molecule has 0 aliphatic carbocycles. The van der Waals surface area contributed by atoms with Gasteiger partial charge in [-0.05, 0) is 55.3 Å². The van der Waals surface area contributed by atoms with Crippen LogP contribution in [0.15, 0.2) is 108 Å². The summed E-state index contributed by atoms with van der Waals surface area (Å²) >= 11 is 12.6. The molecule has 4 aromatic rings. The lowest BCUT2D eigenvalue weighted by Crippen LogP contribution is -2.54. The largest absolute Gasteiger partial charge is 0.352 e. The monoisotopic (exact) mass is 682 g/mol. The summed E-state index contributed by atoms with van der Waals surface area (Å²) in [6, 6.07) is 24.9. The maximum Gasteiger partial charge on any atom is 0.271 e. The highest BCUT2D eigenvalue weighted by atomic mass is 35.5. The Hall–Kier alpha value is -4.45. The second-order valence-electron chi connectivity index (χ2n) is 10.7. The Morgan fingerprint density at radius 2 is 1.54 bits per heavy atom. The standard InChI is InChI=1S/C33H32Cl2N4O6S/c1-23(2)36-33(41)31(18-24-10-5-3-6-11-24)37(21-25-16-17-26(34)19-30(25)35)32(40)22-38(27-12-9-13-28(20-27)39(42)43)46(44,45)29-14-7-4-8-15-29/h3-17,19-20,23,31H,18,21-22H2,1-2H3,(H,36,41)/t31-/m1/s1. The second kappa shape index (κ2) is 15.2. The summed E-state index contributed by atoms with van der Waals surface area (Å²) in [6.07, 6.45) is 0.110. The van der Waals surface area contributed by atoms with Gasteiger partial charge in [0, 0.05) is 41.2 Å². The molecule has 0 unspecified atom stereocenters. The van der Waals surface area contributed by atoms with Crippen molar-refractivity contribution in [3.63, 3.8) is 0 Å². The van der Waals surface area contributed by atoms with Gasteiger partial charge in [0.05, 0.1) is 15.5 Å². The van der Waals surface area contributed by atoms with E-state index in [1.165, 1.54) is 53.4 Å². The summed E-state index contributed by atoms with van der Waals surface area (Å²) < 4.78 is 28.9. The number of carbonyl (C=O) groups excluding carboxylic acids is 2. The SMILES string of the molecule is CC(C)NC(=O)[C@@H](Cc1ccccc1)N(Cc1ccc(Cl)cc1Cl)C(=O)CN(c1cccc([N+](=O)[O-])c1)S(=O)(=O)c1ccccc1. The number of nitrogens with zero attached hydrogens (tertiary/aromatic N) is 3. The Morgan fingerprint density at radius 1 is 0.891 bits per heavy atom. The molecule has 0 spiro atoms. The van der Waals surface area contributed by atoms with E-state index < -0.39 is 39.3 Å². The van der Waals surface area contributed by atoms with Crippen LogP contribution in [0.2, 0.25) is 10.0 Å². The first-order chi connectivity index (χ1) is 21.9. The topological polar surface area (TPSA) is 130 Å². The minimum absolute atomic E-state index is 0.0953. The molecule has 10 nitrogen and oxygen atoms in total. The average molecular weight is 684 g/mol. The highest BCUT2D eigenvalue weighted by Gasteiger charge is 2.35. The molecular formula is C33H32Cl2N4O6S. The number of non-ortho nitro benzene ring substituents is 1. The molecular weight excluding hydrogens is 651 g/mol. The van der Waals surface area contributed by atoms with E-state index in [4.69, 9.17) is 23.2 Å². The molecule has 1 atom stereocenters. The van der Waals surface area contributed by atoms with Gasteiger partial charge >= 0.3 is 0 Å². The first kappa shape index (κ1) is 34.4. The van der Waals surface area contributed by atoms with Crippen molar-refractivity contribution >= 4 is 56.4 Å². The van der Waals surface area contributed by atoms with E-state index >= 15 is 0 Å². The summed E-state index contributed by atoms with van der Waals surface area (Å²) in [5, 5.41) is 15.1. The summed E-state index contributed by atoms with van der Waals surface area (Å²) in [6.45, 7) is 2.64. The van der Waals surface area contributed by atoms with E-state index in [2.05, 4.69) is 5.32 Å². The van der Waals surface area contributed by atoms with E-state index in [1.807, 2.05) is 30.3 Å². The molecule has 0 heterocycles. The van der Waals surface area contributed by atoms with Crippen molar-refractivity contribution in [2.75, 3.05) is 10.8 Å². The third-order valence-corrected chi connectivity index (χ3v) is 9.37. The van der Waals surface area contributed by atoms with E-state index in [0.717, 1.165) is 15.9 Å². The van der Waals surface area contributed by atoms with Crippen LogP contribution in [0.25, 0.3) is 0 Å². The van der Waals surface area contributed by atoms with Crippen LogP contribution in [0.5, 0.6) is 0 Å². The van der Waals surface area contributed by atoms with Crippen LogP contribution in [0.1, 0.15) is 25.0 Å². The number of anilines is 1. The lowest BCUT2D eigenvalue weighted by Gasteiger charge is -2.34. The molecule has 2 amide bonds. The number of nitro groups is 1. The maximum atomic E-state index is 14.5. The highest BCUT2D eigenvalue weighted by Crippen LogP contribution is 2.29. The molecule has 4 aromatic carbocycles. The first-order valence-corrected chi connectivity index (χ1v) is 16.5. The van der Waals surface area contributed by atoms with Gasteiger partial charge in [0.15, 0.2) is 0 Å². The van der Waals surface area contributed by atoms with Crippen LogP contribution >= 0.6 is 23.2 Å². The van der Waals surface area contributed by atoms with Crippen molar-refractivity contribution in [1.29, 1.82) is 0 Å². The number of sulfonamides is 1. The molecule has 0 aliphatic heterocycles. The normalized spacial score (nSPS) is 11.9. The minimum Gasteiger partial charge on any atom is -0.352 e. The summed E-state index contributed by atoms with van der Waals surface area (Å²) in [5.41, 5.74) is 0.782. The molecule has 1 N–H and O–H groups in total. The van der Waals surface area contributed by atoms with E-state index in [0.29, 0.717) is 10.6 Å². The van der Waals surface area contributed by atoms with Crippen molar-refractivity contribution in [3.8, 4) is 0 Å². The molecule has 240 valence electrons. The quantitative estimate of drug-likeness (QED) is 0.131. The van der Waals surface area contributed by atoms with Gasteiger partial charge in [-0.1, -0.05) is 83.9 Å². The second-order valence-corrected chi connectivity index (χ2v) is 13.4. The van der Waals surface area contributed by atoms with E-state index in [-0.39, 0.29) is 40.3 Å². The number of amides is 2. The lowest BCUT2D eigenvalue weighted by atomic mass is 10.0. The molecule has 0 bridgehead atoms. The average Bonchev–Trinajstić information content (AvgIpc) is 3.03. The van der Waals surface area contributed by atoms with Crippen molar-refractivity contribution in [1.82, 2.24) is 10.2 Å². The third-order valence-electron chi connectivity index (χ3n) is 7.00. The van der Waals surface area contributed by atoms with Crippen molar-refractivity contribution < 1.29 is 22.9 Å². The van der Waals surface area contributed by atoms with Crippen LogP contribution in [0.4, 0.5) is 11.4 Å². The van der Waals surface area contributed by atoms with Gasteiger partial charge in [0.2, 0.25) is 11.8 Å². The fourth-order valence-corrected chi connectivity index (χ4v) is 6.67. The fourth-order valence-electron chi connectivity index (χ4n) is 4.78. The molecule has 0 saturated carbocycles. The predicted octanol–water partition coefficient (Wildman–Crippen LogP) is 6.26. The van der Waals surface area contributed by atoms with Crippen molar-refractivity contribution in [2.45, 2.75) is 43.8 Å². The Morgan fingerprint density at radius 3 is 2.15 bits per heavy atom. The Balaban J connectivity index is 1.85. The van der Waals surface area contributed by atoms with Gasteiger partial charge in [0.1, 0.15) is 12.6 Å². The van der Waals surface area contributed by atoms with Crippen LogP contribution in [-0.2, 0) is 32.6 Å². The van der Waals surface area contributed by atoms with Gasteiger partial charge in [0.25, 0.3) is 15.7 Å². The molecule has 4 rings (SSSR count). The van der Waals surface area contributed by atoms with Crippen LogP contribution in [-0.4, -0.2) is 48.7 Å². The van der Waals surface area contributed by atoms with Crippen LogP contribution in [0.3, 0.4) is 0 Å². The van der Waals surface area contributed by atoms with Crippen molar-refractivity contribution in [2.24, 2.45) is 0 Å². The van der Waals surface area contributed by atoms with Gasteiger partial charge in [-0.2, -0.15) is 0 Å². The number of hydrogen-bond acceptors (Lipinski definition) is 6. The zero-order chi connectivity index (χ0) is 33.4. The molecule has 0 fully saturated rings. The summed E-state index contributed by atoms with van der Waals surface area (Å²) in [7, 11) is -4.42. The number of nitro benzene ring substituents is 1. The lowest BCUT2D eigenvalue weighted by molar-refractivity contribution is -0.384. The number of rotatable bonds is 13. The smallest absolute Gasteiger partial charge is 0.271 e. The van der Waals surface area contributed by atoms with Crippen LogP contribution in [0, 0.1) is 10.1 Å². The van der Waals surface area contributed by atoms with Gasteiger partial charge < -0.3 is 10.2 Å². The van der Waals surface area contributed by atoms with E-state index in [1.54, 1.807) is 32.0 Å². The molecule has 46 heavy (non-hydrogen) atoms. The number of carbonyl (C=O) groups is 2. The fraction of sp³-hybridized carbons (Fsp3) is 0.212. The number of benzene rings is 4. The number of nitrogens with one attached hydrogen (secondary N) is 1. The van der Waals surface area contributed by atoms with Crippen LogP contribution < -0.4 is 9.62 Å². The van der Waals surface area contributed by atoms with Gasteiger partial charge in [-0.3, -0.25) is 24.0 Å². The predicted molar refractivity (Wildman–Crippen MR) is 178 cm³/mol. The van der Waals surface area contributed by atoms with Gasteiger partial charge in [-0.15, -0.1) is 0 Å². The molecule has 13 heteroatoms. The number of hydrogen-bond donors (Lipinski definition) is 1. The first-order valence-electron chi connectivity index (χ1n) is 14.3. The molecule has 0 aromatic heterocycles. The Kier molecular flexibility index (Phi) is 11.4. The minimum atomic E-state index is -4.42. The Labute approximate surface area is 277 Å². The highest BCUT2D eigenvalue weighted by molar-refractivity contribution is 7.92. The maximum absolute atomic E-state index is 14.5. The molecule has 0 aliphatic rings. The number of halogens is 2. The summed E-state index contributed by atoms with van der Waals surface area (Å²) in [5.74, 6) is -1.19. The molecule has 0 radical (unpaired) electrons. The van der Waals surface area contributed by atoms with Gasteiger partial charge in [-0.25, -0.2) is 8.42 Å².